The largest absolute Gasteiger partial charge is 0.433 e. The fourth-order valence-electron chi connectivity index (χ4n) is 3.51. The molecule has 0 bridgehead atoms. The predicted molar refractivity (Wildman–Crippen MR) is 125 cm³/mol. The van der Waals surface area contributed by atoms with E-state index in [9.17, 15) is 0 Å². The molecule has 4 rings (SSSR count). The van der Waals surface area contributed by atoms with E-state index in [2.05, 4.69) is 34.3 Å². The van der Waals surface area contributed by atoms with Gasteiger partial charge >= 0.3 is 5.91 Å². The molecule has 0 fully saturated rings. The lowest BCUT2D eigenvalue weighted by Crippen LogP contribution is -2.43. The summed E-state index contributed by atoms with van der Waals surface area (Å²) in [5, 5.41) is 11.9. The molecule has 3 aromatic carbocycles. The first-order valence-electron chi connectivity index (χ1n) is 10.4. The molecular weight excluding hydrogens is 390 g/mol. The summed E-state index contributed by atoms with van der Waals surface area (Å²) < 4.78 is 12.2. The third-order valence-corrected chi connectivity index (χ3v) is 5.10. The third kappa shape index (κ3) is 4.55. The van der Waals surface area contributed by atoms with Crippen LogP contribution < -0.4 is 25.4 Å². The number of nitrogen functional groups attached to an aromatic ring is 1. The normalized spacial score (nSPS) is 17.1. The van der Waals surface area contributed by atoms with Gasteiger partial charge in [0.25, 0.3) is 0 Å². The van der Waals surface area contributed by atoms with Crippen LogP contribution in [0, 0.1) is 0 Å². The van der Waals surface area contributed by atoms with E-state index in [-0.39, 0.29) is 0 Å². The zero-order chi connectivity index (χ0) is 21.8. The highest BCUT2D eigenvalue weighted by molar-refractivity contribution is 5.67. The smallest absolute Gasteiger partial charge is 0.332 e. The van der Waals surface area contributed by atoms with Gasteiger partial charge in [-0.25, -0.2) is 0 Å². The summed E-state index contributed by atoms with van der Waals surface area (Å²) in [5.74, 6) is 0.156. The van der Waals surface area contributed by atoms with Crippen LogP contribution in [0.5, 0.6) is 11.5 Å². The van der Waals surface area contributed by atoms with E-state index < -0.39 is 5.91 Å². The average molecular weight is 418 g/mol. The van der Waals surface area contributed by atoms with Crippen LogP contribution in [0.1, 0.15) is 20.8 Å². The summed E-state index contributed by atoms with van der Waals surface area (Å²) >= 11 is 0. The number of nitrogens with one attached hydrogen (secondary N) is 1. The number of ether oxygens (including phenoxy) is 2. The molecule has 0 saturated heterocycles. The van der Waals surface area contributed by atoms with E-state index in [1.54, 1.807) is 0 Å². The van der Waals surface area contributed by atoms with Crippen LogP contribution in [-0.4, -0.2) is 19.0 Å². The van der Waals surface area contributed by atoms with Gasteiger partial charge in [-0.05, 0) is 56.3 Å². The second kappa shape index (κ2) is 8.55. The third-order valence-electron chi connectivity index (χ3n) is 5.10. The molecule has 0 aliphatic carbocycles. The van der Waals surface area contributed by atoms with Crippen molar-refractivity contribution in [1.82, 2.24) is 0 Å². The number of nitrogens with zero attached hydrogens (tertiary/aromatic N) is 3. The minimum Gasteiger partial charge on any atom is -0.433 e. The van der Waals surface area contributed by atoms with Gasteiger partial charge in [0.1, 0.15) is 5.75 Å². The number of hydrogen-bond donors (Lipinski definition) is 2. The summed E-state index contributed by atoms with van der Waals surface area (Å²) in [4.78, 5) is 2.23. The van der Waals surface area contributed by atoms with Gasteiger partial charge < -0.3 is 25.4 Å². The van der Waals surface area contributed by atoms with E-state index in [0.717, 1.165) is 30.2 Å². The fourth-order valence-corrected chi connectivity index (χ4v) is 3.51. The molecule has 0 unspecified atom stereocenters. The van der Waals surface area contributed by atoms with E-state index in [0.29, 0.717) is 22.9 Å². The molecule has 1 aliphatic heterocycles. The van der Waals surface area contributed by atoms with Crippen LogP contribution in [0.3, 0.4) is 0 Å². The molecule has 3 N–H and O–H groups in total. The molecule has 3 aromatic rings. The SMILES string of the molecule is CCN(CC)c1ccc(N)c(O[C@]2(C)Nc3cc(N=Nc4ccccc4)ccc3O2)c1. The lowest BCUT2D eigenvalue weighted by atomic mass is 10.2. The van der Waals surface area contributed by atoms with Crippen molar-refractivity contribution in [2.45, 2.75) is 26.7 Å². The lowest BCUT2D eigenvalue weighted by Gasteiger charge is -2.27. The number of hydrogen-bond acceptors (Lipinski definition) is 7. The van der Waals surface area contributed by atoms with Crippen LogP contribution in [0.4, 0.5) is 28.4 Å². The van der Waals surface area contributed by atoms with E-state index >= 15 is 0 Å². The lowest BCUT2D eigenvalue weighted by molar-refractivity contribution is -0.0591. The van der Waals surface area contributed by atoms with Crippen LogP contribution >= 0.6 is 0 Å². The van der Waals surface area contributed by atoms with Crippen molar-refractivity contribution < 1.29 is 9.47 Å². The molecule has 7 nitrogen and oxygen atoms in total. The van der Waals surface area contributed by atoms with Gasteiger partial charge in [0.05, 0.1) is 22.7 Å². The summed E-state index contributed by atoms with van der Waals surface area (Å²) in [7, 11) is 0. The number of anilines is 3. The summed E-state index contributed by atoms with van der Waals surface area (Å²) in [6.07, 6.45) is 0. The molecule has 31 heavy (non-hydrogen) atoms. The molecular formula is C24H27N5O2. The molecule has 1 aliphatic rings. The quantitative estimate of drug-likeness (QED) is 0.359. The van der Waals surface area contributed by atoms with E-state index in [1.165, 1.54) is 0 Å². The van der Waals surface area contributed by atoms with Crippen LogP contribution in [-0.2, 0) is 0 Å². The van der Waals surface area contributed by atoms with Crippen LogP contribution in [0.2, 0.25) is 0 Å². The Morgan fingerprint density at radius 1 is 0.968 bits per heavy atom. The van der Waals surface area contributed by atoms with Gasteiger partial charge in [-0.2, -0.15) is 10.2 Å². The monoisotopic (exact) mass is 417 g/mol. The molecule has 0 saturated carbocycles. The number of rotatable bonds is 7. The van der Waals surface area contributed by atoms with Gasteiger partial charge in [0.15, 0.2) is 5.75 Å². The summed E-state index contributed by atoms with van der Waals surface area (Å²) in [6, 6.07) is 21.0. The minimum atomic E-state index is -1.09. The average Bonchev–Trinajstić information content (AvgIpc) is 3.11. The molecule has 0 aromatic heterocycles. The van der Waals surface area contributed by atoms with Gasteiger partial charge in [-0.15, -0.1) is 0 Å². The van der Waals surface area contributed by atoms with Gasteiger partial charge in [-0.3, -0.25) is 0 Å². The van der Waals surface area contributed by atoms with Crippen molar-refractivity contribution >= 4 is 28.4 Å². The Hall–Kier alpha value is -3.74. The van der Waals surface area contributed by atoms with Crippen molar-refractivity contribution in [3.05, 3.63) is 66.7 Å². The number of fused-ring (bicyclic) bond motifs is 1. The van der Waals surface area contributed by atoms with Crippen molar-refractivity contribution in [3.63, 3.8) is 0 Å². The van der Waals surface area contributed by atoms with Crippen LogP contribution in [0.25, 0.3) is 0 Å². The first kappa shape index (κ1) is 20.5. The predicted octanol–water partition coefficient (Wildman–Crippen LogP) is 6.09. The standard InChI is InChI=1S/C24H27N5O2/c1-4-29(5-2)19-12-13-20(25)23(16-19)31-24(3)26-21-15-18(11-14-22(21)30-24)28-27-17-9-7-6-8-10-17/h6-16,26H,4-5,25H2,1-3H3/t24-/m1/s1. The van der Waals surface area contributed by atoms with Crippen LogP contribution in [0.15, 0.2) is 77.0 Å². The highest BCUT2D eigenvalue weighted by Crippen LogP contribution is 2.41. The Kier molecular flexibility index (Phi) is 5.66. The molecule has 160 valence electrons. The second-order valence-corrected chi connectivity index (χ2v) is 7.39. The number of benzene rings is 3. The Morgan fingerprint density at radius 2 is 1.71 bits per heavy atom. The molecule has 1 atom stereocenters. The zero-order valence-electron chi connectivity index (χ0n) is 18.0. The van der Waals surface area contributed by atoms with Gasteiger partial charge in [0.2, 0.25) is 0 Å². The summed E-state index contributed by atoms with van der Waals surface area (Å²) in [6.45, 7) is 7.86. The first-order chi connectivity index (χ1) is 15.0. The van der Waals surface area contributed by atoms with Crippen molar-refractivity contribution in [1.29, 1.82) is 0 Å². The maximum absolute atomic E-state index is 6.19. The molecule has 1 heterocycles. The Morgan fingerprint density at radius 3 is 2.45 bits per heavy atom. The molecule has 7 heteroatoms. The van der Waals surface area contributed by atoms with E-state index in [1.807, 2.05) is 73.7 Å². The molecule has 0 radical (unpaired) electrons. The minimum absolute atomic E-state index is 0.552. The van der Waals surface area contributed by atoms with Crippen molar-refractivity contribution in [2.24, 2.45) is 10.2 Å². The fraction of sp³-hybridized carbons (Fsp3) is 0.250. The first-order valence-corrected chi connectivity index (χ1v) is 10.4. The Balaban J connectivity index is 1.52. The Bertz CT molecular complexity index is 1080. The van der Waals surface area contributed by atoms with Crippen molar-refractivity contribution in [2.75, 3.05) is 29.0 Å². The van der Waals surface area contributed by atoms with E-state index in [4.69, 9.17) is 15.2 Å². The topological polar surface area (TPSA) is 84.5 Å². The Labute approximate surface area is 182 Å². The second-order valence-electron chi connectivity index (χ2n) is 7.39. The maximum atomic E-state index is 6.19. The highest BCUT2D eigenvalue weighted by atomic mass is 16.7. The number of nitrogens with two attached hydrogens (primary N) is 1. The molecule has 0 amide bonds. The maximum Gasteiger partial charge on any atom is 0.332 e. The number of azo groups is 1. The van der Waals surface area contributed by atoms with Gasteiger partial charge in [0, 0.05) is 31.8 Å². The zero-order valence-corrected chi connectivity index (χ0v) is 18.0. The molecule has 0 spiro atoms. The van der Waals surface area contributed by atoms with Gasteiger partial charge in [-0.1, -0.05) is 18.2 Å². The van der Waals surface area contributed by atoms with Crippen molar-refractivity contribution in [3.8, 4) is 11.5 Å². The highest BCUT2D eigenvalue weighted by Gasteiger charge is 2.37. The summed E-state index contributed by atoms with van der Waals surface area (Å²) in [5.41, 5.74) is 10.1.